The molecule has 0 unspecified atom stereocenters. The van der Waals surface area contributed by atoms with Gasteiger partial charge in [-0.2, -0.15) is 0 Å². The third kappa shape index (κ3) is 4.32. The minimum absolute atomic E-state index is 0.416. The van der Waals surface area contributed by atoms with Gasteiger partial charge in [0.1, 0.15) is 23.0 Å². The van der Waals surface area contributed by atoms with Gasteiger partial charge >= 0.3 is 11.6 Å². The number of benzene rings is 2. The van der Waals surface area contributed by atoms with Crippen LogP contribution < -0.4 is 19.8 Å². The van der Waals surface area contributed by atoms with Crippen LogP contribution in [0.4, 0.5) is 0 Å². The summed E-state index contributed by atoms with van der Waals surface area (Å²) in [7, 11) is 3.12. The predicted molar refractivity (Wildman–Crippen MR) is 119 cm³/mol. The van der Waals surface area contributed by atoms with Gasteiger partial charge in [0.15, 0.2) is 11.5 Å². The van der Waals surface area contributed by atoms with E-state index in [1.165, 1.54) is 12.1 Å². The van der Waals surface area contributed by atoms with Crippen LogP contribution in [-0.4, -0.2) is 31.9 Å². The van der Waals surface area contributed by atoms with E-state index in [9.17, 15) is 9.59 Å². The van der Waals surface area contributed by atoms with Crippen LogP contribution in [0.5, 0.6) is 17.2 Å². The second-order valence-electron chi connectivity index (χ2n) is 8.04. The summed E-state index contributed by atoms with van der Waals surface area (Å²) >= 11 is 0. The number of hydrogen-bond donors (Lipinski definition) is 0. The van der Waals surface area contributed by atoms with E-state index in [-0.39, 0.29) is 0 Å². The van der Waals surface area contributed by atoms with Crippen molar-refractivity contribution >= 4 is 23.0 Å². The normalized spacial score (nSPS) is 16.9. The first kappa shape index (κ1) is 21.5. The van der Waals surface area contributed by atoms with Crippen molar-refractivity contribution in [3.05, 3.63) is 70.1 Å². The fraction of sp³-hybridized carbons (Fsp3) is 0.280. The van der Waals surface area contributed by atoms with Gasteiger partial charge in [-0.3, -0.25) is 0 Å². The molecule has 1 aliphatic heterocycles. The number of hydrogen-bond acceptors (Lipinski definition) is 7. The van der Waals surface area contributed by atoms with Crippen molar-refractivity contribution in [1.29, 1.82) is 0 Å². The molecule has 2 heterocycles. The Morgan fingerprint density at radius 1 is 1.06 bits per heavy atom. The average Bonchev–Trinajstić information content (AvgIpc) is 2.76. The van der Waals surface area contributed by atoms with E-state index < -0.39 is 23.3 Å². The Labute approximate surface area is 185 Å². The Bertz CT molecular complexity index is 1250. The predicted octanol–water partition coefficient (Wildman–Crippen LogP) is 4.15. The van der Waals surface area contributed by atoms with Gasteiger partial charge in [-0.25, -0.2) is 9.59 Å². The molecule has 1 aromatic heterocycles. The number of ether oxygens (including phenoxy) is 4. The maximum Gasteiger partial charge on any atom is 0.336 e. The highest BCUT2D eigenvalue weighted by Crippen LogP contribution is 2.37. The standard InChI is InChI=1S/C25H24O7/c1-25(2)22(13-17-12-16-7-10-23(26)30-19(16)14-20(17)32-25)31-24(27)9-6-15-5-8-18(28-3)21(11-15)29-4/h5-12,14,22H,13H2,1-4H3/t22-/m1/s1. The van der Waals surface area contributed by atoms with Gasteiger partial charge in [-0.1, -0.05) is 6.07 Å². The molecule has 0 fully saturated rings. The van der Waals surface area contributed by atoms with Crippen LogP contribution in [0.25, 0.3) is 17.0 Å². The highest BCUT2D eigenvalue weighted by Gasteiger charge is 2.39. The lowest BCUT2D eigenvalue weighted by Gasteiger charge is -2.39. The Morgan fingerprint density at radius 2 is 1.84 bits per heavy atom. The Morgan fingerprint density at radius 3 is 2.59 bits per heavy atom. The van der Waals surface area contributed by atoms with Crippen molar-refractivity contribution in [3.63, 3.8) is 0 Å². The largest absolute Gasteiger partial charge is 0.493 e. The molecule has 2 aromatic carbocycles. The molecule has 3 aromatic rings. The van der Waals surface area contributed by atoms with E-state index in [1.54, 1.807) is 44.6 Å². The van der Waals surface area contributed by atoms with Gasteiger partial charge in [-0.15, -0.1) is 0 Å². The van der Waals surface area contributed by atoms with E-state index in [0.717, 1.165) is 16.5 Å². The van der Waals surface area contributed by atoms with Gasteiger partial charge in [0, 0.05) is 30.0 Å². The molecule has 0 saturated carbocycles. The number of methoxy groups -OCH3 is 2. The van der Waals surface area contributed by atoms with Gasteiger partial charge in [0.25, 0.3) is 0 Å². The fourth-order valence-corrected chi connectivity index (χ4v) is 3.68. The summed E-state index contributed by atoms with van der Waals surface area (Å²) in [5.74, 6) is 1.32. The molecule has 0 N–H and O–H groups in total. The van der Waals surface area contributed by atoms with Crippen LogP contribution in [0.2, 0.25) is 0 Å². The van der Waals surface area contributed by atoms with Crippen LogP contribution in [0.15, 0.2) is 57.8 Å². The zero-order valence-electron chi connectivity index (χ0n) is 18.3. The van der Waals surface area contributed by atoms with Gasteiger partial charge in [0.2, 0.25) is 0 Å². The summed E-state index contributed by atoms with van der Waals surface area (Å²) in [6.07, 6.45) is 3.02. The highest BCUT2D eigenvalue weighted by molar-refractivity contribution is 5.87. The first-order chi connectivity index (χ1) is 15.3. The van der Waals surface area contributed by atoms with E-state index in [1.807, 2.05) is 26.0 Å². The van der Waals surface area contributed by atoms with Gasteiger partial charge in [-0.05, 0) is 55.3 Å². The number of carbonyl (C=O) groups is 1. The molecule has 0 aliphatic carbocycles. The molecular formula is C25H24O7. The van der Waals surface area contributed by atoms with E-state index in [4.69, 9.17) is 23.4 Å². The van der Waals surface area contributed by atoms with Crippen molar-refractivity contribution < 1.29 is 28.2 Å². The van der Waals surface area contributed by atoms with Crippen molar-refractivity contribution in [2.45, 2.75) is 32.0 Å². The molecule has 4 rings (SSSR count). The van der Waals surface area contributed by atoms with E-state index in [2.05, 4.69) is 0 Å². The zero-order valence-corrected chi connectivity index (χ0v) is 18.3. The Kier molecular flexibility index (Phi) is 5.65. The molecule has 1 atom stereocenters. The number of esters is 1. The molecule has 0 spiro atoms. The lowest BCUT2D eigenvalue weighted by Crippen LogP contribution is -2.48. The smallest absolute Gasteiger partial charge is 0.336 e. The third-order valence-electron chi connectivity index (χ3n) is 5.43. The molecule has 166 valence electrons. The molecule has 0 radical (unpaired) electrons. The first-order valence-electron chi connectivity index (χ1n) is 10.2. The summed E-state index contributed by atoms with van der Waals surface area (Å²) in [6.45, 7) is 3.72. The molecule has 7 nitrogen and oxygen atoms in total. The molecule has 0 amide bonds. The summed E-state index contributed by atoms with van der Waals surface area (Å²) in [6, 6.07) is 12.0. The third-order valence-corrected chi connectivity index (χ3v) is 5.43. The molecule has 7 heteroatoms. The average molecular weight is 436 g/mol. The maximum absolute atomic E-state index is 12.5. The Hall–Kier alpha value is -3.74. The zero-order chi connectivity index (χ0) is 22.9. The Balaban J connectivity index is 1.51. The molecule has 0 bridgehead atoms. The second kappa shape index (κ2) is 8.42. The van der Waals surface area contributed by atoms with Crippen LogP contribution >= 0.6 is 0 Å². The summed E-state index contributed by atoms with van der Waals surface area (Å²) in [5, 5.41) is 0.782. The van der Waals surface area contributed by atoms with Gasteiger partial charge < -0.3 is 23.4 Å². The fourth-order valence-electron chi connectivity index (χ4n) is 3.68. The summed E-state index contributed by atoms with van der Waals surface area (Å²) in [5.41, 5.74) is 0.938. The number of fused-ring (bicyclic) bond motifs is 2. The van der Waals surface area contributed by atoms with Crippen molar-refractivity contribution in [2.75, 3.05) is 14.2 Å². The first-order valence-corrected chi connectivity index (χ1v) is 10.2. The van der Waals surface area contributed by atoms with E-state index in [0.29, 0.717) is 29.3 Å². The van der Waals surface area contributed by atoms with Crippen LogP contribution in [0.1, 0.15) is 25.0 Å². The van der Waals surface area contributed by atoms with Crippen molar-refractivity contribution in [3.8, 4) is 17.2 Å². The SMILES string of the molecule is COc1ccc(C=CC(=O)O[C@@H]2Cc3cc4ccc(=O)oc4cc3OC2(C)C)cc1OC. The van der Waals surface area contributed by atoms with E-state index >= 15 is 0 Å². The number of carbonyl (C=O) groups excluding carboxylic acids is 1. The van der Waals surface area contributed by atoms with Crippen LogP contribution in [0.3, 0.4) is 0 Å². The molecule has 1 aliphatic rings. The summed E-state index contributed by atoms with van der Waals surface area (Å²) in [4.78, 5) is 24.0. The molecule has 32 heavy (non-hydrogen) atoms. The van der Waals surface area contributed by atoms with Crippen LogP contribution in [0, 0.1) is 0 Å². The molecular weight excluding hydrogens is 412 g/mol. The lowest BCUT2D eigenvalue weighted by atomic mass is 9.90. The maximum atomic E-state index is 12.5. The summed E-state index contributed by atoms with van der Waals surface area (Å²) < 4.78 is 27.6. The topological polar surface area (TPSA) is 84.2 Å². The minimum Gasteiger partial charge on any atom is -0.493 e. The molecule has 0 saturated heterocycles. The van der Waals surface area contributed by atoms with Crippen molar-refractivity contribution in [1.82, 2.24) is 0 Å². The minimum atomic E-state index is -0.761. The van der Waals surface area contributed by atoms with Crippen LogP contribution in [-0.2, 0) is 16.0 Å². The van der Waals surface area contributed by atoms with Crippen molar-refractivity contribution in [2.24, 2.45) is 0 Å². The number of rotatable bonds is 5. The monoisotopic (exact) mass is 436 g/mol. The van der Waals surface area contributed by atoms with Gasteiger partial charge in [0.05, 0.1) is 14.2 Å². The highest BCUT2D eigenvalue weighted by atomic mass is 16.6. The second-order valence-corrected chi connectivity index (χ2v) is 8.04. The quantitative estimate of drug-likeness (QED) is 0.337. The lowest BCUT2D eigenvalue weighted by molar-refractivity contribution is -0.155.